The Balaban J connectivity index is 1.53. The van der Waals surface area contributed by atoms with Crippen LogP contribution in [0.3, 0.4) is 0 Å². The second kappa shape index (κ2) is 7.15. The summed E-state index contributed by atoms with van der Waals surface area (Å²) in [5, 5.41) is 0. The van der Waals surface area contributed by atoms with Gasteiger partial charge in [0.05, 0.1) is 6.20 Å². The van der Waals surface area contributed by atoms with Gasteiger partial charge < -0.3 is 4.74 Å². The number of rotatable bonds is 4. The summed E-state index contributed by atoms with van der Waals surface area (Å²) in [6.45, 7) is 0.667. The first-order chi connectivity index (χ1) is 12.8. The van der Waals surface area contributed by atoms with Gasteiger partial charge in [-0.3, -0.25) is 0 Å². The minimum atomic E-state index is -0.466. The smallest absolute Gasteiger partial charge is 0.368 e. The Hall–Kier alpha value is -3.53. The molecule has 0 bridgehead atoms. The molecule has 4 nitrogen and oxygen atoms in total. The molecule has 126 valence electrons. The third-order valence-corrected chi connectivity index (χ3v) is 4.09. The quantitative estimate of drug-likeness (QED) is 0.419. The van der Waals surface area contributed by atoms with Gasteiger partial charge in [0.15, 0.2) is 12.7 Å². The van der Waals surface area contributed by atoms with E-state index in [1.165, 1.54) is 0 Å². The van der Waals surface area contributed by atoms with Crippen LogP contribution in [0, 0.1) is 0 Å². The van der Waals surface area contributed by atoms with Crippen molar-refractivity contribution in [2.45, 2.75) is 6.54 Å². The van der Waals surface area contributed by atoms with Crippen LogP contribution in [-0.2, 0) is 6.54 Å². The molecule has 0 saturated carbocycles. The van der Waals surface area contributed by atoms with Gasteiger partial charge in [-0.25, -0.2) is 9.78 Å². The third-order valence-electron chi connectivity index (χ3n) is 4.09. The molecule has 0 spiro atoms. The van der Waals surface area contributed by atoms with Crippen molar-refractivity contribution in [1.82, 2.24) is 4.98 Å². The van der Waals surface area contributed by atoms with Gasteiger partial charge in [-0.1, -0.05) is 60.7 Å². The highest BCUT2D eigenvalue weighted by molar-refractivity contribution is 5.89. The lowest BCUT2D eigenvalue weighted by Crippen LogP contribution is -2.35. The highest BCUT2D eigenvalue weighted by Crippen LogP contribution is 2.29. The fourth-order valence-electron chi connectivity index (χ4n) is 2.84. The third kappa shape index (κ3) is 3.59. The van der Waals surface area contributed by atoms with E-state index in [0.717, 1.165) is 16.7 Å². The number of hydrogen-bond acceptors (Lipinski definition) is 3. The Morgan fingerprint density at radius 3 is 2.27 bits per heavy atom. The zero-order chi connectivity index (χ0) is 17.8. The number of aromatic nitrogens is 2. The molecule has 0 unspecified atom stereocenters. The fraction of sp³-hybridized carbons (Fsp3) is 0.0455. The molecule has 0 radical (unpaired) electrons. The molecule has 0 N–H and O–H groups in total. The Kier molecular flexibility index (Phi) is 4.39. The van der Waals surface area contributed by atoms with Gasteiger partial charge in [-0.2, -0.15) is 4.57 Å². The Bertz CT molecular complexity index is 984. The van der Waals surface area contributed by atoms with Crippen LogP contribution in [0.4, 0.5) is 0 Å². The normalized spacial score (nSPS) is 10.6. The first-order valence-electron chi connectivity index (χ1n) is 8.38. The largest absolute Gasteiger partial charge is 0.422 e. The number of ether oxygens (including phenoxy) is 1. The second-order valence-electron chi connectivity index (χ2n) is 6.00. The average Bonchev–Trinajstić information content (AvgIpc) is 2.91. The minimum Gasteiger partial charge on any atom is -0.422 e. The molecule has 0 atom stereocenters. The topological polar surface area (TPSA) is 43.1 Å². The summed E-state index contributed by atoms with van der Waals surface area (Å²) in [4.78, 5) is 16.6. The van der Waals surface area contributed by atoms with Crippen molar-refractivity contribution in [3.05, 3.63) is 103 Å². The number of esters is 1. The molecule has 1 aromatic heterocycles. The van der Waals surface area contributed by atoms with E-state index in [0.29, 0.717) is 12.3 Å². The van der Waals surface area contributed by atoms with Gasteiger partial charge >= 0.3 is 5.97 Å². The van der Waals surface area contributed by atoms with Crippen molar-refractivity contribution in [2.24, 2.45) is 0 Å². The lowest BCUT2D eigenvalue weighted by atomic mass is 10.2. The van der Waals surface area contributed by atoms with Crippen molar-refractivity contribution >= 4 is 5.97 Å². The molecule has 1 heterocycles. The summed E-state index contributed by atoms with van der Waals surface area (Å²) in [5.41, 5.74) is 3.48. The van der Waals surface area contributed by atoms with Gasteiger partial charge in [0.2, 0.25) is 11.9 Å². The summed E-state index contributed by atoms with van der Waals surface area (Å²) < 4.78 is 7.42. The summed E-state index contributed by atoms with van der Waals surface area (Å²) in [6.07, 6.45) is 5.15. The molecule has 0 fully saturated rings. The Morgan fingerprint density at radius 2 is 1.58 bits per heavy atom. The van der Waals surface area contributed by atoms with Crippen molar-refractivity contribution in [1.29, 1.82) is 0 Å². The van der Waals surface area contributed by atoms with Crippen LogP contribution in [-0.4, -0.2) is 11.0 Å². The van der Waals surface area contributed by atoms with E-state index < -0.39 is 5.97 Å². The lowest BCUT2D eigenvalue weighted by molar-refractivity contribution is -0.689. The monoisotopic (exact) mass is 341 g/mol. The van der Waals surface area contributed by atoms with Crippen LogP contribution >= 0.6 is 0 Å². The van der Waals surface area contributed by atoms with E-state index in [1.54, 1.807) is 12.4 Å². The van der Waals surface area contributed by atoms with Gasteiger partial charge in [-0.05, 0) is 23.3 Å². The summed E-state index contributed by atoms with van der Waals surface area (Å²) in [7, 11) is 0. The maximum absolute atomic E-state index is 12.5. The molecule has 1 aromatic carbocycles. The fourth-order valence-corrected chi connectivity index (χ4v) is 2.84. The van der Waals surface area contributed by atoms with Crippen LogP contribution in [0.5, 0.6) is 5.75 Å². The SMILES string of the molecule is O=C(Oc1cc2cccccc-2c1)c1c[n+](Cc2ccccc2)ccn1. The molecule has 2 aliphatic carbocycles. The van der Waals surface area contributed by atoms with E-state index in [4.69, 9.17) is 4.74 Å². The molecule has 2 aromatic rings. The summed E-state index contributed by atoms with van der Waals surface area (Å²) in [6, 6.07) is 23.6. The molecular formula is C22H17N2O2+. The van der Waals surface area contributed by atoms with Crippen molar-refractivity contribution in [2.75, 3.05) is 0 Å². The highest BCUT2D eigenvalue weighted by atomic mass is 16.5. The van der Waals surface area contributed by atoms with Crippen LogP contribution in [0.15, 0.2) is 91.4 Å². The van der Waals surface area contributed by atoms with Crippen molar-refractivity contribution in [3.63, 3.8) is 0 Å². The number of benzene rings is 1. The number of nitrogens with zero attached hydrogens (tertiary/aromatic N) is 2. The predicted octanol–water partition coefficient (Wildman–Crippen LogP) is 3.74. The highest BCUT2D eigenvalue weighted by Gasteiger charge is 2.17. The van der Waals surface area contributed by atoms with Crippen LogP contribution in [0.2, 0.25) is 0 Å². The number of hydrogen-bond donors (Lipinski definition) is 0. The average molecular weight is 341 g/mol. The van der Waals surface area contributed by atoms with Crippen molar-refractivity contribution in [3.8, 4) is 16.9 Å². The molecule has 0 aliphatic heterocycles. The van der Waals surface area contributed by atoms with Crippen LogP contribution in [0.1, 0.15) is 16.1 Å². The van der Waals surface area contributed by atoms with Crippen LogP contribution < -0.4 is 9.30 Å². The summed E-state index contributed by atoms with van der Waals surface area (Å²) >= 11 is 0. The summed E-state index contributed by atoms with van der Waals surface area (Å²) in [5.74, 6) is 0.0588. The molecule has 0 saturated heterocycles. The maximum atomic E-state index is 12.5. The van der Waals surface area contributed by atoms with E-state index >= 15 is 0 Å². The first kappa shape index (κ1) is 16.0. The number of fused-ring (bicyclic) bond motifs is 1. The van der Waals surface area contributed by atoms with E-state index in [-0.39, 0.29) is 5.69 Å². The first-order valence-corrected chi connectivity index (χ1v) is 8.38. The molecule has 26 heavy (non-hydrogen) atoms. The minimum absolute atomic E-state index is 0.277. The second-order valence-corrected chi connectivity index (χ2v) is 6.00. The van der Waals surface area contributed by atoms with Gasteiger partial charge in [-0.15, -0.1) is 0 Å². The standard InChI is InChI=1S/C22H17N2O2/c25-22(26-20-13-18-9-5-2-6-10-19(18)14-20)21-16-24(12-11-23-21)15-17-7-3-1-4-8-17/h1-14,16H,15H2/q+1. The van der Waals surface area contributed by atoms with E-state index in [9.17, 15) is 4.79 Å². The zero-order valence-electron chi connectivity index (χ0n) is 14.1. The Labute approximate surface area is 151 Å². The Morgan fingerprint density at radius 1 is 0.923 bits per heavy atom. The van der Waals surface area contributed by atoms with E-state index in [1.807, 2.05) is 83.6 Å². The molecule has 4 heteroatoms. The molecule has 4 rings (SSSR count). The van der Waals surface area contributed by atoms with Crippen molar-refractivity contribution < 1.29 is 14.1 Å². The lowest BCUT2D eigenvalue weighted by Gasteiger charge is -2.01. The number of carbonyl (C=O) groups is 1. The van der Waals surface area contributed by atoms with E-state index in [2.05, 4.69) is 4.98 Å². The maximum Gasteiger partial charge on any atom is 0.368 e. The molecule has 0 amide bonds. The number of carbonyl (C=O) groups excluding carboxylic acids is 1. The predicted molar refractivity (Wildman–Crippen MR) is 98.0 cm³/mol. The van der Waals surface area contributed by atoms with Gasteiger partial charge in [0.1, 0.15) is 5.75 Å². The van der Waals surface area contributed by atoms with Gasteiger partial charge in [0.25, 0.3) is 0 Å². The molecule has 2 aliphatic rings. The zero-order valence-corrected chi connectivity index (χ0v) is 14.1. The van der Waals surface area contributed by atoms with Crippen LogP contribution in [0.25, 0.3) is 11.1 Å². The molecular weight excluding hydrogens is 324 g/mol. The van der Waals surface area contributed by atoms with Gasteiger partial charge in [0, 0.05) is 5.56 Å².